The lowest BCUT2D eigenvalue weighted by Gasteiger charge is -2.42. The van der Waals surface area contributed by atoms with E-state index in [-0.39, 0.29) is 12.4 Å². The molecule has 2 fully saturated rings. The van der Waals surface area contributed by atoms with Gasteiger partial charge >= 0.3 is 0 Å². The molecule has 0 bridgehead atoms. The van der Waals surface area contributed by atoms with Gasteiger partial charge in [0.25, 0.3) is 0 Å². The van der Waals surface area contributed by atoms with Crippen LogP contribution in [0.3, 0.4) is 0 Å². The number of nitrogens with zero attached hydrogens (tertiary/aromatic N) is 4. The molecule has 2 aliphatic rings. The molecule has 0 aromatic carbocycles. The van der Waals surface area contributed by atoms with Crippen LogP contribution >= 0.6 is 0 Å². The van der Waals surface area contributed by atoms with Crippen LogP contribution in [-0.4, -0.2) is 110 Å². The summed E-state index contributed by atoms with van der Waals surface area (Å²) in [7, 11) is 4.71. The van der Waals surface area contributed by atoms with Crippen LogP contribution in [0.15, 0.2) is 36.5 Å². The van der Waals surface area contributed by atoms with Crippen molar-refractivity contribution in [1.29, 1.82) is 0 Å². The Kier molecular flexibility index (Phi) is 32.9. The van der Waals surface area contributed by atoms with Crippen LogP contribution in [0.5, 0.6) is 0 Å². The van der Waals surface area contributed by atoms with Crippen molar-refractivity contribution in [2.75, 3.05) is 79.5 Å². The summed E-state index contributed by atoms with van der Waals surface area (Å²) in [6.07, 6.45) is 49.4. The monoisotopic (exact) mass is 818 g/mol. The predicted octanol–water partition coefficient (Wildman–Crippen LogP) is 9.20. The largest absolute Gasteiger partial charge is 1.00 e. The van der Waals surface area contributed by atoms with Crippen molar-refractivity contribution < 1.29 is 31.0 Å². The van der Waals surface area contributed by atoms with Crippen molar-refractivity contribution in [3.63, 3.8) is 0 Å². The zero-order valence-electron chi connectivity index (χ0n) is 38.3. The van der Waals surface area contributed by atoms with Crippen LogP contribution < -0.4 is 12.4 Å². The number of quaternary nitrogens is 2. The van der Waals surface area contributed by atoms with Gasteiger partial charge < -0.3 is 31.2 Å². The zero-order chi connectivity index (χ0) is 40.4. The van der Waals surface area contributed by atoms with Crippen LogP contribution in [0.1, 0.15) is 194 Å². The lowest BCUT2D eigenvalue weighted by atomic mass is 10.1. The second-order valence-corrected chi connectivity index (χ2v) is 18.4. The third kappa shape index (κ3) is 27.7. The maximum Gasteiger partial charge on any atom is 0.222 e. The molecule has 332 valence electrons. The van der Waals surface area contributed by atoms with Crippen LogP contribution in [-0.2, 0) is 9.59 Å². The van der Waals surface area contributed by atoms with Gasteiger partial charge in [-0.2, -0.15) is 0 Å². The minimum Gasteiger partial charge on any atom is -1.00 e. The molecule has 0 radical (unpaired) electrons. The predicted molar refractivity (Wildman–Crippen MR) is 243 cm³/mol. The highest BCUT2D eigenvalue weighted by molar-refractivity contribution is 5.76. The van der Waals surface area contributed by atoms with Gasteiger partial charge in [0.05, 0.1) is 79.5 Å². The summed E-state index contributed by atoms with van der Waals surface area (Å²) in [6.45, 7) is 14.4. The number of amides is 2. The quantitative estimate of drug-likeness (QED) is 0.0370. The molecule has 0 aromatic heterocycles. The normalized spacial score (nSPS) is 16.9. The molecular weight excluding hydrogens is 724 g/mol. The van der Waals surface area contributed by atoms with E-state index in [9.17, 15) is 9.59 Å². The fraction of sp³-hybridized carbons (Fsp3) is 0.840. The van der Waals surface area contributed by atoms with Crippen LogP contribution in [0.2, 0.25) is 0 Å². The molecule has 57 heavy (non-hydrogen) atoms. The van der Waals surface area contributed by atoms with E-state index in [1.54, 1.807) is 0 Å². The summed E-state index contributed by atoms with van der Waals surface area (Å²) in [4.78, 5) is 30.1. The topological polar surface area (TPSA) is 40.6 Å². The lowest BCUT2D eigenvalue weighted by Crippen LogP contribution is -3.00. The SMILES string of the molecule is CCCCCCCC/C=C\CCCCCCCC(=O)N1CC[N+](C)(C/C=C/C[N+]2(C)CCN(C(=O)CCCCCCC/C=C/CCCCCCCC)CC2)CC1.[Cl-]. The second-order valence-electron chi connectivity index (χ2n) is 18.4. The second kappa shape index (κ2) is 35.2. The summed E-state index contributed by atoms with van der Waals surface area (Å²) in [5.74, 6) is 0.735. The molecule has 2 rings (SSSR count). The average molecular weight is 819 g/mol. The van der Waals surface area contributed by atoms with E-state index in [0.717, 1.165) is 100 Å². The third-order valence-corrected chi connectivity index (χ3v) is 12.9. The van der Waals surface area contributed by atoms with Crippen molar-refractivity contribution in [3.8, 4) is 0 Å². The summed E-state index contributed by atoms with van der Waals surface area (Å²) < 4.78 is 2.05. The third-order valence-electron chi connectivity index (χ3n) is 12.9. The molecule has 0 unspecified atom stereocenters. The molecular formula is C50H94ClN4O2+. The highest BCUT2D eigenvalue weighted by Gasteiger charge is 2.31. The van der Waals surface area contributed by atoms with Gasteiger partial charge in [-0.25, -0.2) is 0 Å². The van der Waals surface area contributed by atoms with Gasteiger partial charge in [-0.3, -0.25) is 9.59 Å². The van der Waals surface area contributed by atoms with Crippen LogP contribution in [0, 0.1) is 0 Å². The Hall–Kier alpha value is -1.63. The zero-order valence-corrected chi connectivity index (χ0v) is 39.1. The lowest BCUT2D eigenvalue weighted by molar-refractivity contribution is -0.909. The molecule has 2 aliphatic heterocycles. The number of hydrogen-bond donors (Lipinski definition) is 0. The molecule has 0 atom stereocenters. The first-order valence-electron chi connectivity index (χ1n) is 24.5. The number of unbranched alkanes of at least 4 members (excludes halogenated alkanes) is 22. The van der Waals surface area contributed by atoms with E-state index in [4.69, 9.17) is 0 Å². The first-order valence-corrected chi connectivity index (χ1v) is 24.5. The van der Waals surface area contributed by atoms with E-state index in [1.165, 1.54) is 154 Å². The number of likely N-dealkylation sites (N-methyl/N-ethyl adjacent to an activating group) is 2. The van der Waals surface area contributed by atoms with E-state index in [1.807, 2.05) is 0 Å². The molecule has 0 saturated carbocycles. The molecule has 6 nitrogen and oxygen atoms in total. The Morgan fingerprint density at radius 3 is 0.965 bits per heavy atom. The molecule has 0 spiro atoms. The summed E-state index contributed by atoms with van der Waals surface area (Å²) >= 11 is 0. The van der Waals surface area contributed by atoms with Crippen molar-refractivity contribution in [1.82, 2.24) is 9.80 Å². The summed E-state index contributed by atoms with van der Waals surface area (Å²) in [6, 6.07) is 0. The van der Waals surface area contributed by atoms with Gasteiger partial charge in [-0.15, -0.1) is 0 Å². The number of hydrogen-bond acceptors (Lipinski definition) is 2. The Bertz CT molecular complexity index is 977. The number of halogens is 1. The average Bonchev–Trinajstić information content (AvgIpc) is 3.20. The van der Waals surface area contributed by atoms with E-state index in [2.05, 4.69) is 74.2 Å². The van der Waals surface area contributed by atoms with Crippen molar-refractivity contribution in [3.05, 3.63) is 36.5 Å². The minimum atomic E-state index is 0. The van der Waals surface area contributed by atoms with Gasteiger partial charge in [0.2, 0.25) is 11.8 Å². The first-order chi connectivity index (χ1) is 27.3. The van der Waals surface area contributed by atoms with E-state index >= 15 is 0 Å². The molecule has 0 N–H and O–H groups in total. The standard InChI is InChI=1S/C50H94N4O2.ClH/c1-5-7-9-11-13-15-17-19-21-23-25-27-29-31-33-37-49(55)51-39-45-53(3,46-40-51)43-35-36-44-54(4)47-41-52(42-48-54)50(56)38-34-32-30-28-26-24-22-20-18-16-14-12-10-8-6-2;/h19-22,35-36H,5-18,23-34,37-48H2,1-4H3;1H/q+2;/p-1/b21-19-,22-20+,36-35+;. The van der Waals surface area contributed by atoms with E-state index in [0.29, 0.717) is 11.8 Å². The van der Waals surface area contributed by atoms with Crippen molar-refractivity contribution in [2.45, 2.75) is 194 Å². The maximum absolute atomic E-state index is 12.9. The number of rotatable bonds is 34. The van der Waals surface area contributed by atoms with Crippen molar-refractivity contribution in [2.24, 2.45) is 0 Å². The number of carbonyl (C=O) groups excluding carboxylic acids is 2. The minimum absolute atomic E-state index is 0. The van der Waals surface area contributed by atoms with Gasteiger partial charge in [0.15, 0.2) is 0 Å². The van der Waals surface area contributed by atoms with Crippen LogP contribution in [0.4, 0.5) is 0 Å². The Labute approximate surface area is 360 Å². The van der Waals surface area contributed by atoms with Gasteiger partial charge in [-0.1, -0.05) is 141 Å². The summed E-state index contributed by atoms with van der Waals surface area (Å²) in [5.41, 5.74) is 0. The fourth-order valence-electron chi connectivity index (χ4n) is 8.43. The van der Waals surface area contributed by atoms with E-state index < -0.39 is 0 Å². The van der Waals surface area contributed by atoms with Crippen molar-refractivity contribution >= 4 is 11.8 Å². The molecule has 2 saturated heterocycles. The number of carbonyl (C=O) groups is 2. The molecule has 0 aliphatic carbocycles. The van der Waals surface area contributed by atoms with Gasteiger partial charge in [-0.05, 0) is 76.4 Å². The Morgan fingerprint density at radius 2 is 0.667 bits per heavy atom. The highest BCUT2D eigenvalue weighted by atomic mass is 35.5. The van der Waals surface area contributed by atoms with Gasteiger partial charge in [0.1, 0.15) is 0 Å². The first kappa shape index (κ1) is 53.4. The Balaban J connectivity index is 0.0000162. The molecule has 2 amide bonds. The highest BCUT2D eigenvalue weighted by Crippen LogP contribution is 2.17. The van der Waals surface area contributed by atoms with Gasteiger partial charge in [0, 0.05) is 12.8 Å². The number of allylic oxidation sites excluding steroid dienone is 4. The van der Waals surface area contributed by atoms with Crippen LogP contribution in [0.25, 0.3) is 0 Å². The summed E-state index contributed by atoms with van der Waals surface area (Å²) in [5, 5.41) is 0. The fourth-order valence-corrected chi connectivity index (χ4v) is 8.43. The molecule has 7 heteroatoms. The Morgan fingerprint density at radius 1 is 0.404 bits per heavy atom. The maximum atomic E-state index is 12.9. The molecule has 2 heterocycles. The molecule has 0 aromatic rings. The smallest absolute Gasteiger partial charge is 0.222 e. The number of piperazine rings is 2.